The second-order valence-electron chi connectivity index (χ2n) is 5.41. The van der Waals surface area contributed by atoms with Crippen LogP contribution >= 0.6 is 11.3 Å². The van der Waals surface area contributed by atoms with Crippen molar-refractivity contribution in [1.29, 1.82) is 0 Å². The molecule has 0 saturated carbocycles. The number of aromatic nitrogens is 1. The van der Waals surface area contributed by atoms with E-state index >= 15 is 0 Å². The third-order valence-electron chi connectivity index (χ3n) is 3.67. The van der Waals surface area contributed by atoms with Crippen LogP contribution in [0.25, 0.3) is 10.6 Å². The van der Waals surface area contributed by atoms with Crippen LogP contribution in [0.3, 0.4) is 0 Å². The van der Waals surface area contributed by atoms with Crippen molar-refractivity contribution in [3.63, 3.8) is 0 Å². The van der Waals surface area contributed by atoms with E-state index < -0.39 is 0 Å². The van der Waals surface area contributed by atoms with Gasteiger partial charge >= 0.3 is 0 Å². The second kappa shape index (κ2) is 6.75. The van der Waals surface area contributed by atoms with Crippen LogP contribution in [-0.4, -0.2) is 10.9 Å². The van der Waals surface area contributed by atoms with Gasteiger partial charge in [-0.3, -0.25) is 4.79 Å². The summed E-state index contributed by atoms with van der Waals surface area (Å²) in [5, 5.41) is 3.93. The van der Waals surface area contributed by atoms with Gasteiger partial charge in [0, 0.05) is 5.56 Å². The monoisotopic (exact) mass is 322 g/mol. The highest BCUT2D eigenvalue weighted by Crippen LogP contribution is 2.28. The molecule has 1 aromatic heterocycles. The lowest BCUT2D eigenvalue weighted by atomic mass is 10.1. The molecule has 0 spiro atoms. The summed E-state index contributed by atoms with van der Waals surface area (Å²) in [5.74, 6) is -0.0708. The Morgan fingerprint density at radius 2 is 1.65 bits per heavy atom. The highest BCUT2D eigenvalue weighted by atomic mass is 32.1. The lowest BCUT2D eigenvalue weighted by Crippen LogP contribution is -2.26. The summed E-state index contributed by atoms with van der Waals surface area (Å²) in [7, 11) is 0. The minimum atomic E-state index is -0.0708. The van der Waals surface area contributed by atoms with Crippen LogP contribution in [0.2, 0.25) is 0 Å². The molecule has 4 heteroatoms. The third kappa shape index (κ3) is 3.48. The van der Waals surface area contributed by atoms with E-state index in [1.54, 1.807) is 0 Å². The molecule has 0 aliphatic rings. The summed E-state index contributed by atoms with van der Waals surface area (Å²) in [5.41, 5.74) is 2.90. The van der Waals surface area contributed by atoms with Gasteiger partial charge < -0.3 is 5.32 Å². The van der Waals surface area contributed by atoms with Gasteiger partial charge in [0.15, 0.2) is 0 Å². The molecule has 3 nitrogen and oxygen atoms in total. The molecule has 1 atom stereocenters. The minimum Gasteiger partial charge on any atom is -0.345 e. The van der Waals surface area contributed by atoms with Crippen molar-refractivity contribution in [3.8, 4) is 10.6 Å². The first-order valence-corrected chi connectivity index (χ1v) is 8.35. The van der Waals surface area contributed by atoms with Gasteiger partial charge in [0.1, 0.15) is 9.88 Å². The highest BCUT2D eigenvalue weighted by molar-refractivity contribution is 7.17. The fraction of sp³-hybridized carbons (Fsp3) is 0.158. The van der Waals surface area contributed by atoms with Crippen molar-refractivity contribution in [2.45, 2.75) is 19.9 Å². The van der Waals surface area contributed by atoms with Crippen LogP contribution in [0.15, 0.2) is 60.7 Å². The molecule has 1 N–H and O–H groups in total. The van der Waals surface area contributed by atoms with E-state index in [1.807, 2.05) is 74.5 Å². The lowest BCUT2D eigenvalue weighted by Gasteiger charge is -2.13. The molecular formula is C19H18N2OS. The maximum absolute atomic E-state index is 12.6. The van der Waals surface area contributed by atoms with Crippen molar-refractivity contribution >= 4 is 17.2 Å². The summed E-state index contributed by atoms with van der Waals surface area (Å²) in [6.07, 6.45) is 0. The first kappa shape index (κ1) is 15.4. The molecule has 0 fully saturated rings. The van der Waals surface area contributed by atoms with Crippen LogP contribution in [0.5, 0.6) is 0 Å². The van der Waals surface area contributed by atoms with Crippen molar-refractivity contribution < 1.29 is 4.79 Å². The SMILES string of the molecule is Cc1nc(-c2ccccc2)sc1C(=O)N[C@@H](C)c1ccccc1. The summed E-state index contributed by atoms with van der Waals surface area (Å²) >= 11 is 1.43. The Labute approximate surface area is 140 Å². The van der Waals surface area contributed by atoms with Crippen LogP contribution in [-0.2, 0) is 0 Å². The van der Waals surface area contributed by atoms with Gasteiger partial charge in [0.05, 0.1) is 11.7 Å². The Morgan fingerprint density at radius 1 is 1.04 bits per heavy atom. The fourth-order valence-electron chi connectivity index (χ4n) is 2.40. The van der Waals surface area contributed by atoms with E-state index in [0.29, 0.717) is 4.88 Å². The molecule has 0 saturated heterocycles. The Balaban J connectivity index is 1.79. The Hall–Kier alpha value is -2.46. The van der Waals surface area contributed by atoms with E-state index in [0.717, 1.165) is 21.8 Å². The first-order chi connectivity index (χ1) is 11.1. The number of aryl methyl sites for hydroxylation is 1. The lowest BCUT2D eigenvalue weighted by molar-refractivity contribution is 0.0943. The van der Waals surface area contributed by atoms with Crippen LogP contribution in [0.4, 0.5) is 0 Å². The average Bonchev–Trinajstić information content (AvgIpc) is 2.98. The Morgan fingerprint density at radius 3 is 2.30 bits per heavy atom. The van der Waals surface area contributed by atoms with Crippen molar-refractivity contribution in [2.75, 3.05) is 0 Å². The zero-order valence-corrected chi connectivity index (χ0v) is 13.9. The molecule has 23 heavy (non-hydrogen) atoms. The molecule has 0 bridgehead atoms. The van der Waals surface area contributed by atoms with Gasteiger partial charge in [-0.25, -0.2) is 4.98 Å². The molecule has 3 aromatic rings. The summed E-state index contributed by atoms with van der Waals surface area (Å²) in [4.78, 5) is 17.8. The number of hydrogen-bond donors (Lipinski definition) is 1. The van der Waals surface area contributed by atoms with Gasteiger partial charge in [-0.15, -0.1) is 11.3 Å². The summed E-state index contributed by atoms with van der Waals surface area (Å²) in [6.45, 7) is 3.87. The molecule has 116 valence electrons. The van der Waals surface area contributed by atoms with Crippen LogP contribution < -0.4 is 5.32 Å². The predicted molar refractivity (Wildman–Crippen MR) is 94.6 cm³/mol. The van der Waals surface area contributed by atoms with Gasteiger partial charge in [0.2, 0.25) is 0 Å². The molecule has 0 aliphatic carbocycles. The van der Waals surface area contributed by atoms with Crippen molar-refractivity contribution in [2.24, 2.45) is 0 Å². The van der Waals surface area contributed by atoms with E-state index in [2.05, 4.69) is 10.3 Å². The molecule has 0 radical (unpaired) electrons. The molecule has 3 rings (SSSR count). The molecule has 1 amide bonds. The number of hydrogen-bond acceptors (Lipinski definition) is 3. The minimum absolute atomic E-state index is 0.0367. The van der Waals surface area contributed by atoms with E-state index in [9.17, 15) is 4.79 Å². The predicted octanol–water partition coefficient (Wildman–Crippen LogP) is 4.61. The average molecular weight is 322 g/mol. The standard InChI is InChI=1S/C19H18N2OS/c1-13(15-9-5-3-6-10-15)20-18(22)17-14(2)21-19(23-17)16-11-7-4-8-12-16/h3-13H,1-2H3,(H,20,22)/t13-/m0/s1. The molecule has 1 heterocycles. The smallest absolute Gasteiger partial charge is 0.263 e. The number of rotatable bonds is 4. The number of nitrogens with one attached hydrogen (secondary N) is 1. The molecular weight excluding hydrogens is 304 g/mol. The maximum Gasteiger partial charge on any atom is 0.263 e. The number of carbonyl (C=O) groups is 1. The number of carbonyl (C=O) groups excluding carboxylic acids is 1. The number of nitrogens with zero attached hydrogens (tertiary/aromatic N) is 1. The zero-order chi connectivity index (χ0) is 16.2. The van der Waals surface area contributed by atoms with Gasteiger partial charge in [-0.05, 0) is 19.4 Å². The topological polar surface area (TPSA) is 42.0 Å². The fourth-order valence-corrected chi connectivity index (χ4v) is 3.37. The molecule has 0 unspecified atom stereocenters. The normalized spacial score (nSPS) is 11.9. The quantitative estimate of drug-likeness (QED) is 0.762. The van der Waals surface area contributed by atoms with E-state index in [1.165, 1.54) is 11.3 Å². The van der Waals surface area contributed by atoms with E-state index in [4.69, 9.17) is 0 Å². The Kier molecular flexibility index (Phi) is 4.53. The largest absolute Gasteiger partial charge is 0.345 e. The zero-order valence-electron chi connectivity index (χ0n) is 13.1. The van der Waals surface area contributed by atoms with Crippen LogP contribution in [0, 0.1) is 6.92 Å². The van der Waals surface area contributed by atoms with Gasteiger partial charge in [0.25, 0.3) is 5.91 Å². The molecule has 0 aliphatic heterocycles. The van der Waals surface area contributed by atoms with Gasteiger partial charge in [-0.1, -0.05) is 60.7 Å². The van der Waals surface area contributed by atoms with Crippen molar-refractivity contribution in [3.05, 3.63) is 76.8 Å². The Bertz CT molecular complexity index is 797. The highest BCUT2D eigenvalue weighted by Gasteiger charge is 2.18. The molecule has 2 aromatic carbocycles. The van der Waals surface area contributed by atoms with E-state index in [-0.39, 0.29) is 11.9 Å². The maximum atomic E-state index is 12.6. The second-order valence-corrected chi connectivity index (χ2v) is 6.40. The first-order valence-electron chi connectivity index (χ1n) is 7.54. The van der Waals surface area contributed by atoms with Gasteiger partial charge in [-0.2, -0.15) is 0 Å². The summed E-state index contributed by atoms with van der Waals surface area (Å²) < 4.78 is 0. The number of amides is 1. The number of benzene rings is 2. The third-order valence-corrected chi connectivity index (χ3v) is 4.88. The van der Waals surface area contributed by atoms with Crippen molar-refractivity contribution in [1.82, 2.24) is 10.3 Å². The summed E-state index contributed by atoms with van der Waals surface area (Å²) in [6, 6.07) is 19.8. The van der Waals surface area contributed by atoms with Crippen LogP contribution in [0.1, 0.15) is 33.9 Å². The number of thiazole rings is 1.